The zero-order valence-corrected chi connectivity index (χ0v) is 9.30. The number of hydrogen-bond donors (Lipinski definition) is 0. The molecule has 2 fully saturated rings. The molecule has 0 N–H and O–H groups in total. The quantitative estimate of drug-likeness (QED) is 0.719. The number of hydrogen-bond acceptors (Lipinski definition) is 2. The topological polar surface area (TPSA) is 29.5 Å². The van der Waals surface area contributed by atoms with Gasteiger partial charge in [0.15, 0.2) is 6.23 Å². The van der Waals surface area contributed by atoms with Gasteiger partial charge < -0.3 is 9.64 Å². The molecular weight excluding hydrogens is 202 g/mol. The zero-order chi connectivity index (χ0) is 11.1. The van der Waals surface area contributed by atoms with E-state index in [2.05, 4.69) is 0 Å². The van der Waals surface area contributed by atoms with Gasteiger partial charge in [0.05, 0.1) is 12.6 Å². The van der Waals surface area contributed by atoms with E-state index >= 15 is 0 Å². The lowest BCUT2D eigenvalue weighted by molar-refractivity contribution is -0.136. The first-order valence-electron chi connectivity index (χ1n) is 5.76. The molecule has 84 valence electrons. The highest BCUT2D eigenvalue weighted by molar-refractivity contribution is 5.81. The van der Waals surface area contributed by atoms with Gasteiger partial charge >= 0.3 is 0 Å². The van der Waals surface area contributed by atoms with E-state index in [1.807, 2.05) is 42.2 Å². The summed E-state index contributed by atoms with van der Waals surface area (Å²) < 4.78 is 5.73. The molecule has 1 aromatic carbocycles. The van der Waals surface area contributed by atoms with Crippen LogP contribution in [0.15, 0.2) is 30.3 Å². The summed E-state index contributed by atoms with van der Waals surface area (Å²) in [4.78, 5) is 13.9. The number of carbonyl (C=O) groups excluding carboxylic acids is 1. The fourth-order valence-electron chi connectivity index (χ4n) is 2.67. The van der Waals surface area contributed by atoms with Gasteiger partial charge in [0.25, 0.3) is 0 Å². The normalized spacial score (nSPS) is 33.2. The van der Waals surface area contributed by atoms with Crippen molar-refractivity contribution in [1.82, 2.24) is 4.90 Å². The Morgan fingerprint density at radius 3 is 2.81 bits per heavy atom. The fourth-order valence-corrected chi connectivity index (χ4v) is 2.67. The number of amides is 1. The number of carbonyl (C=O) groups is 1. The molecule has 0 aliphatic carbocycles. The molecule has 0 aromatic heterocycles. The largest absolute Gasteiger partial charge is 0.352 e. The van der Waals surface area contributed by atoms with Crippen molar-refractivity contribution in [2.45, 2.75) is 25.6 Å². The molecule has 0 saturated carbocycles. The maximum absolute atomic E-state index is 12.0. The van der Waals surface area contributed by atoms with Crippen LogP contribution in [0.2, 0.25) is 0 Å². The summed E-state index contributed by atoms with van der Waals surface area (Å²) in [6.45, 7) is 2.68. The molecule has 3 heteroatoms. The third kappa shape index (κ3) is 1.35. The highest BCUT2D eigenvalue weighted by Crippen LogP contribution is 2.39. The van der Waals surface area contributed by atoms with Crippen LogP contribution in [0.1, 0.15) is 25.1 Å². The van der Waals surface area contributed by atoms with Crippen molar-refractivity contribution in [2.24, 2.45) is 5.92 Å². The van der Waals surface area contributed by atoms with Crippen LogP contribution in [0, 0.1) is 5.92 Å². The summed E-state index contributed by atoms with van der Waals surface area (Å²) in [5, 5.41) is 0. The van der Waals surface area contributed by atoms with Crippen molar-refractivity contribution in [1.29, 1.82) is 0 Å². The lowest BCUT2D eigenvalue weighted by Crippen LogP contribution is -2.31. The molecule has 1 unspecified atom stereocenters. The zero-order valence-electron chi connectivity index (χ0n) is 9.30. The van der Waals surface area contributed by atoms with Crippen molar-refractivity contribution in [3.8, 4) is 0 Å². The standard InChI is InChI=1S/C13H15NO2/c1-9-7-11-8-16-13(14(11)12(9)15)10-5-3-2-4-6-10/h2-6,9,11,13H,7-8H2,1H3/t9-,11+,13?/m1/s1. The summed E-state index contributed by atoms with van der Waals surface area (Å²) in [5.74, 6) is 0.386. The smallest absolute Gasteiger partial charge is 0.228 e. The van der Waals surface area contributed by atoms with Crippen LogP contribution in [0.3, 0.4) is 0 Å². The Hall–Kier alpha value is -1.35. The maximum atomic E-state index is 12.0. The second-order valence-electron chi connectivity index (χ2n) is 4.63. The molecule has 2 saturated heterocycles. The van der Waals surface area contributed by atoms with Crippen LogP contribution < -0.4 is 0 Å². The average Bonchev–Trinajstić information content (AvgIpc) is 2.83. The summed E-state index contributed by atoms with van der Waals surface area (Å²) in [6.07, 6.45) is 0.769. The van der Waals surface area contributed by atoms with Gasteiger partial charge in [-0.1, -0.05) is 37.3 Å². The third-order valence-electron chi connectivity index (χ3n) is 3.48. The Bertz CT molecular complexity index is 404. The van der Waals surface area contributed by atoms with Crippen molar-refractivity contribution in [3.05, 3.63) is 35.9 Å². The maximum Gasteiger partial charge on any atom is 0.228 e. The van der Waals surface area contributed by atoms with Crippen LogP contribution >= 0.6 is 0 Å². The molecule has 2 aliphatic rings. The molecule has 2 heterocycles. The van der Waals surface area contributed by atoms with E-state index in [1.54, 1.807) is 0 Å². The lowest BCUT2D eigenvalue weighted by atomic mass is 10.1. The van der Waals surface area contributed by atoms with Gasteiger partial charge in [-0.25, -0.2) is 0 Å². The first-order valence-corrected chi connectivity index (χ1v) is 5.76. The first-order chi connectivity index (χ1) is 7.77. The Balaban J connectivity index is 1.91. The first kappa shape index (κ1) is 9.85. The van der Waals surface area contributed by atoms with Crippen molar-refractivity contribution in [3.63, 3.8) is 0 Å². The van der Waals surface area contributed by atoms with Gasteiger partial charge in [-0.2, -0.15) is 0 Å². The molecule has 16 heavy (non-hydrogen) atoms. The molecule has 3 rings (SSSR count). The molecule has 1 aromatic rings. The molecule has 3 atom stereocenters. The van der Waals surface area contributed by atoms with E-state index in [1.165, 1.54) is 0 Å². The van der Waals surface area contributed by atoms with Crippen LogP contribution in [0.4, 0.5) is 0 Å². The Kier molecular flexibility index (Phi) is 2.21. The predicted molar refractivity (Wildman–Crippen MR) is 59.6 cm³/mol. The second-order valence-corrected chi connectivity index (χ2v) is 4.63. The minimum Gasteiger partial charge on any atom is -0.352 e. The highest BCUT2D eigenvalue weighted by Gasteiger charge is 2.46. The van der Waals surface area contributed by atoms with Crippen LogP contribution in [0.5, 0.6) is 0 Å². The van der Waals surface area contributed by atoms with Gasteiger partial charge in [0, 0.05) is 11.5 Å². The van der Waals surface area contributed by atoms with E-state index in [4.69, 9.17) is 4.74 Å². The van der Waals surface area contributed by atoms with Crippen LogP contribution in [0.25, 0.3) is 0 Å². The number of nitrogens with zero attached hydrogens (tertiary/aromatic N) is 1. The van der Waals surface area contributed by atoms with Crippen molar-refractivity contribution in [2.75, 3.05) is 6.61 Å². The third-order valence-corrected chi connectivity index (χ3v) is 3.48. The van der Waals surface area contributed by atoms with Crippen molar-refractivity contribution < 1.29 is 9.53 Å². The minimum absolute atomic E-state index is 0.153. The fraction of sp³-hybridized carbons (Fsp3) is 0.462. The Morgan fingerprint density at radius 2 is 2.06 bits per heavy atom. The molecule has 0 bridgehead atoms. The number of benzene rings is 1. The minimum atomic E-state index is -0.163. The van der Waals surface area contributed by atoms with E-state index in [9.17, 15) is 4.79 Å². The van der Waals surface area contributed by atoms with Crippen molar-refractivity contribution >= 4 is 5.91 Å². The molecular formula is C13H15NO2. The molecule has 1 amide bonds. The highest BCUT2D eigenvalue weighted by atomic mass is 16.5. The summed E-state index contributed by atoms with van der Waals surface area (Å²) in [6, 6.07) is 10.3. The average molecular weight is 217 g/mol. The monoisotopic (exact) mass is 217 g/mol. The molecule has 2 aliphatic heterocycles. The van der Waals surface area contributed by atoms with E-state index in [-0.39, 0.29) is 24.1 Å². The Morgan fingerprint density at radius 1 is 1.31 bits per heavy atom. The van der Waals surface area contributed by atoms with Gasteiger partial charge in [0.2, 0.25) is 5.91 Å². The number of rotatable bonds is 1. The second kappa shape index (κ2) is 3.59. The summed E-state index contributed by atoms with van der Waals surface area (Å²) in [7, 11) is 0. The van der Waals surface area contributed by atoms with Gasteiger partial charge in [0.1, 0.15) is 0 Å². The molecule has 0 radical (unpaired) electrons. The van der Waals surface area contributed by atoms with Crippen LogP contribution in [-0.2, 0) is 9.53 Å². The van der Waals surface area contributed by atoms with E-state index in [0.717, 1.165) is 12.0 Å². The van der Waals surface area contributed by atoms with Gasteiger partial charge in [-0.3, -0.25) is 4.79 Å². The number of fused-ring (bicyclic) bond motifs is 1. The van der Waals surface area contributed by atoms with E-state index in [0.29, 0.717) is 6.61 Å². The number of ether oxygens (including phenoxy) is 1. The predicted octanol–water partition coefficient (Wildman–Crippen LogP) is 1.95. The molecule has 3 nitrogen and oxygen atoms in total. The van der Waals surface area contributed by atoms with Gasteiger partial charge in [-0.05, 0) is 6.42 Å². The van der Waals surface area contributed by atoms with Crippen LogP contribution in [-0.4, -0.2) is 23.5 Å². The van der Waals surface area contributed by atoms with Gasteiger partial charge in [-0.15, -0.1) is 0 Å². The summed E-state index contributed by atoms with van der Waals surface area (Å²) >= 11 is 0. The SMILES string of the molecule is C[C@@H]1C[C@H]2COC(c3ccccc3)N2C1=O. The summed E-state index contributed by atoms with van der Waals surface area (Å²) in [5.41, 5.74) is 1.08. The molecule has 0 spiro atoms. The Labute approximate surface area is 95.0 Å². The lowest BCUT2D eigenvalue weighted by Gasteiger charge is -2.22. The van der Waals surface area contributed by atoms with E-state index < -0.39 is 0 Å².